The minimum atomic E-state index is -0.296. The predicted octanol–water partition coefficient (Wildman–Crippen LogP) is 2.30. The molecule has 2 heterocycles. The van der Waals surface area contributed by atoms with E-state index in [4.69, 9.17) is 9.47 Å². The Morgan fingerprint density at radius 2 is 1.79 bits per heavy atom. The molecule has 0 atom stereocenters. The van der Waals surface area contributed by atoms with Crippen molar-refractivity contribution in [2.45, 2.75) is 12.8 Å². The Kier molecular flexibility index (Phi) is 5.46. The normalized spacial score (nSPS) is 15.7. The molecule has 4 rings (SSSR count). The van der Waals surface area contributed by atoms with Crippen molar-refractivity contribution in [3.8, 4) is 11.5 Å². The summed E-state index contributed by atoms with van der Waals surface area (Å²) in [5.41, 5.74) is 0.843. The molecule has 0 aromatic heterocycles. The summed E-state index contributed by atoms with van der Waals surface area (Å²) in [6.45, 7) is 1.15. The Balaban J connectivity index is 1.50. The molecule has 2 aromatic rings. The number of ketones is 1. The van der Waals surface area contributed by atoms with Gasteiger partial charge in [-0.3, -0.25) is 19.3 Å². The van der Waals surface area contributed by atoms with Crippen LogP contribution in [0.3, 0.4) is 0 Å². The second-order valence-corrected chi connectivity index (χ2v) is 7.06. The quantitative estimate of drug-likeness (QED) is 0.703. The van der Waals surface area contributed by atoms with E-state index in [0.29, 0.717) is 22.7 Å². The van der Waals surface area contributed by atoms with Crippen molar-refractivity contribution in [3.63, 3.8) is 0 Å². The molecular weight excluding hydrogens is 372 g/mol. The van der Waals surface area contributed by atoms with Gasteiger partial charge in [0.1, 0.15) is 18.0 Å². The fraction of sp³-hybridized carbons (Fsp3) is 0.318. The lowest BCUT2D eigenvalue weighted by molar-refractivity contribution is -0.131. The monoisotopic (exact) mass is 394 g/mol. The maximum absolute atomic E-state index is 12.6. The van der Waals surface area contributed by atoms with Crippen LogP contribution in [0, 0.1) is 0 Å². The van der Waals surface area contributed by atoms with Crippen molar-refractivity contribution in [1.82, 2.24) is 4.90 Å². The molecule has 1 saturated heterocycles. The van der Waals surface area contributed by atoms with Crippen molar-refractivity contribution >= 4 is 23.3 Å². The zero-order chi connectivity index (χ0) is 20.2. The fourth-order valence-electron chi connectivity index (χ4n) is 3.50. The van der Waals surface area contributed by atoms with E-state index in [1.807, 2.05) is 18.2 Å². The molecule has 0 bridgehead atoms. The smallest absolute Gasteiger partial charge is 0.265 e. The summed E-state index contributed by atoms with van der Waals surface area (Å²) in [7, 11) is 0. The summed E-state index contributed by atoms with van der Waals surface area (Å²) in [6.07, 6.45) is 1.97. The van der Waals surface area contributed by atoms with Crippen LogP contribution >= 0.6 is 0 Å². The number of hydrogen-bond donors (Lipinski definition) is 0. The van der Waals surface area contributed by atoms with Crippen molar-refractivity contribution in [2.75, 3.05) is 37.7 Å². The molecule has 0 N–H and O–H groups in total. The second-order valence-electron chi connectivity index (χ2n) is 7.06. The largest absolute Gasteiger partial charge is 0.485 e. The molecule has 2 aliphatic heterocycles. The summed E-state index contributed by atoms with van der Waals surface area (Å²) in [5.74, 6) is 0.484. The van der Waals surface area contributed by atoms with Gasteiger partial charge in [0.05, 0.1) is 5.69 Å². The first-order valence-corrected chi connectivity index (χ1v) is 9.68. The number of fused-ring (bicyclic) bond motifs is 1. The van der Waals surface area contributed by atoms with Crippen LogP contribution in [-0.4, -0.2) is 55.3 Å². The first kappa shape index (κ1) is 19.0. The van der Waals surface area contributed by atoms with Crippen LogP contribution in [0.2, 0.25) is 0 Å². The topological polar surface area (TPSA) is 76.2 Å². The molecule has 0 unspecified atom stereocenters. The summed E-state index contributed by atoms with van der Waals surface area (Å²) in [5, 5.41) is 0. The van der Waals surface area contributed by atoms with Crippen LogP contribution in [-0.2, 0) is 9.59 Å². The standard InChI is InChI=1S/C22H22N2O5/c25-19(14-28-17-6-2-1-3-7-17)16-8-9-20-18(12-16)24(22(27)15-29-20)13-21(26)23-10-4-5-11-23/h1-3,6-9,12H,4-5,10-11,13-15H2. The number of carbonyl (C=O) groups is 3. The molecule has 7 nitrogen and oxygen atoms in total. The van der Waals surface area contributed by atoms with Gasteiger partial charge in [-0.25, -0.2) is 0 Å². The van der Waals surface area contributed by atoms with Crippen molar-refractivity contribution in [1.29, 1.82) is 0 Å². The number of Topliss-reactive ketones (excluding diaryl/α,β-unsaturated/α-hetero) is 1. The number of rotatable bonds is 6. The maximum atomic E-state index is 12.6. The molecule has 29 heavy (non-hydrogen) atoms. The molecule has 0 spiro atoms. The Morgan fingerprint density at radius 3 is 2.55 bits per heavy atom. The number of ether oxygens (including phenoxy) is 2. The molecule has 0 saturated carbocycles. The van der Waals surface area contributed by atoms with Gasteiger partial charge in [0, 0.05) is 18.7 Å². The number of carbonyl (C=O) groups excluding carboxylic acids is 3. The Bertz CT molecular complexity index is 922. The summed E-state index contributed by atoms with van der Waals surface area (Å²) < 4.78 is 11.0. The highest BCUT2D eigenvalue weighted by atomic mass is 16.5. The highest BCUT2D eigenvalue weighted by Gasteiger charge is 2.30. The minimum absolute atomic E-state index is 0.0483. The fourth-order valence-corrected chi connectivity index (χ4v) is 3.50. The van der Waals surface area contributed by atoms with Gasteiger partial charge in [-0.15, -0.1) is 0 Å². The van der Waals surface area contributed by atoms with Crippen LogP contribution in [0.25, 0.3) is 0 Å². The van der Waals surface area contributed by atoms with Crippen LogP contribution in [0.1, 0.15) is 23.2 Å². The second kappa shape index (κ2) is 8.34. The summed E-state index contributed by atoms with van der Waals surface area (Å²) in [4.78, 5) is 40.7. The van der Waals surface area contributed by atoms with Gasteiger partial charge in [0.2, 0.25) is 5.91 Å². The third kappa shape index (κ3) is 4.23. The molecule has 2 amide bonds. The van der Waals surface area contributed by atoms with Crippen molar-refractivity contribution < 1.29 is 23.9 Å². The average molecular weight is 394 g/mol. The van der Waals surface area contributed by atoms with E-state index >= 15 is 0 Å². The Hall–Kier alpha value is -3.35. The first-order valence-electron chi connectivity index (χ1n) is 9.68. The van der Waals surface area contributed by atoms with Gasteiger partial charge in [-0.05, 0) is 43.2 Å². The molecule has 7 heteroatoms. The van der Waals surface area contributed by atoms with Gasteiger partial charge in [-0.2, -0.15) is 0 Å². The maximum Gasteiger partial charge on any atom is 0.265 e. The van der Waals surface area contributed by atoms with E-state index < -0.39 is 0 Å². The number of nitrogens with zero attached hydrogens (tertiary/aromatic N) is 2. The Morgan fingerprint density at radius 1 is 1.03 bits per heavy atom. The zero-order valence-electron chi connectivity index (χ0n) is 16.0. The van der Waals surface area contributed by atoms with Gasteiger partial charge in [0.15, 0.2) is 19.0 Å². The first-order chi connectivity index (χ1) is 14.1. The van der Waals surface area contributed by atoms with Crippen LogP contribution in [0.4, 0.5) is 5.69 Å². The summed E-state index contributed by atoms with van der Waals surface area (Å²) in [6, 6.07) is 14.0. The lowest BCUT2D eigenvalue weighted by Crippen LogP contribution is -2.46. The van der Waals surface area contributed by atoms with Gasteiger partial charge in [0.25, 0.3) is 5.91 Å². The average Bonchev–Trinajstić information content (AvgIpc) is 3.29. The molecule has 0 radical (unpaired) electrons. The lowest BCUT2D eigenvalue weighted by atomic mass is 10.1. The highest BCUT2D eigenvalue weighted by Crippen LogP contribution is 2.33. The minimum Gasteiger partial charge on any atom is -0.485 e. The third-order valence-electron chi connectivity index (χ3n) is 5.09. The zero-order valence-corrected chi connectivity index (χ0v) is 16.0. The molecule has 0 aliphatic carbocycles. The van der Waals surface area contributed by atoms with E-state index in [0.717, 1.165) is 25.9 Å². The number of hydrogen-bond acceptors (Lipinski definition) is 5. The van der Waals surface area contributed by atoms with Gasteiger partial charge >= 0.3 is 0 Å². The predicted molar refractivity (Wildman–Crippen MR) is 106 cm³/mol. The van der Waals surface area contributed by atoms with E-state index in [-0.39, 0.29) is 37.4 Å². The highest BCUT2D eigenvalue weighted by molar-refractivity contribution is 6.04. The number of para-hydroxylation sites is 1. The molecule has 2 aromatic carbocycles. The number of likely N-dealkylation sites (tertiary alicyclic amines) is 1. The van der Waals surface area contributed by atoms with E-state index in [1.165, 1.54) is 4.90 Å². The summed E-state index contributed by atoms with van der Waals surface area (Å²) >= 11 is 0. The number of amides is 2. The van der Waals surface area contributed by atoms with Crippen molar-refractivity contribution in [2.24, 2.45) is 0 Å². The SMILES string of the molecule is O=C(COc1ccccc1)c1ccc2c(c1)N(CC(=O)N1CCCC1)C(=O)CO2. The lowest BCUT2D eigenvalue weighted by Gasteiger charge is -2.30. The van der Waals surface area contributed by atoms with Crippen LogP contribution < -0.4 is 14.4 Å². The van der Waals surface area contributed by atoms with Crippen molar-refractivity contribution in [3.05, 3.63) is 54.1 Å². The molecule has 2 aliphatic rings. The van der Waals surface area contributed by atoms with Gasteiger partial charge in [-0.1, -0.05) is 18.2 Å². The Labute approximate surface area is 168 Å². The molecule has 150 valence electrons. The third-order valence-corrected chi connectivity index (χ3v) is 5.09. The number of anilines is 1. The number of benzene rings is 2. The van der Waals surface area contributed by atoms with Crippen LogP contribution in [0.5, 0.6) is 11.5 Å². The molecule has 1 fully saturated rings. The van der Waals surface area contributed by atoms with E-state index in [2.05, 4.69) is 0 Å². The molecular formula is C22H22N2O5. The van der Waals surface area contributed by atoms with Gasteiger partial charge < -0.3 is 14.4 Å². The van der Waals surface area contributed by atoms with E-state index in [9.17, 15) is 14.4 Å². The van der Waals surface area contributed by atoms with E-state index in [1.54, 1.807) is 35.2 Å². The van der Waals surface area contributed by atoms with Crippen LogP contribution in [0.15, 0.2) is 48.5 Å².